The molecule has 1 saturated carbocycles. The van der Waals surface area contributed by atoms with Gasteiger partial charge in [-0.3, -0.25) is 0 Å². The molecule has 0 aliphatic heterocycles. The van der Waals surface area contributed by atoms with Gasteiger partial charge in [-0.1, -0.05) is 0 Å². The Hall–Kier alpha value is -2.02. The van der Waals surface area contributed by atoms with E-state index in [0.29, 0.717) is 36.3 Å². The number of halogens is 2. The first-order valence-corrected chi connectivity index (χ1v) is 8.84. The predicted molar refractivity (Wildman–Crippen MR) is 92.7 cm³/mol. The summed E-state index contributed by atoms with van der Waals surface area (Å²) in [6.45, 7) is 5.04. The molecule has 0 unspecified atom stereocenters. The summed E-state index contributed by atoms with van der Waals surface area (Å²) in [5.41, 5.74) is 1.31. The van der Waals surface area contributed by atoms with Gasteiger partial charge in [0.1, 0.15) is 11.2 Å². The molecule has 5 nitrogen and oxygen atoms in total. The highest BCUT2D eigenvalue weighted by molar-refractivity contribution is 5.89. The van der Waals surface area contributed by atoms with E-state index in [1.165, 1.54) is 6.07 Å². The summed E-state index contributed by atoms with van der Waals surface area (Å²) >= 11 is 0. The van der Waals surface area contributed by atoms with Crippen molar-refractivity contribution in [2.24, 2.45) is 5.92 Å². The summed E-state index contributed by atoms with van der Waals surface area (Å²) in [6.07, 6.45) is 1.15. The number of aliphatic hydroxyl groups is 1. The zero-order valence-corrected chi connectivity index (χ0v) is 15.2. The number of fused-ring (bicyclic) bond motifs is 1. The second-order valence-electron chi connectivity index (χ2n) is 7.85. The lowest BCUT2D eigenvalue weighted by Gasteiger charge is -2.29. The standard InChI is InChI=1S/C19H24F2N2O3/c1-11-8-13(17(24)25)10-15-22-16(18(2,3)26)14(23(11)15)9-12-4-6-19(20,21)7-5-12/h8,10,12,26H,4-7,9H2,1-3H3,(H,24,25). The molecule has 1 aliphatic carbocycles. The quantitative estimate of drug-likeness (QED) is 0.860. The molecule has 0 atom stereocenters. The van der Waals surface area contributed by atoms with Crippen LogP contribution in [0.3, 0.4) is 0 Å². The van der Waals surface area contributed by atoms with Crippen LogP contribution in [0.25, 0.3) is 5.65 Å². The Morgan fingerprint density at radius 2 is 1.96 bits per heavy atom. The number of carbonyl (C=O) groups is 1. The van der Waals surface area contributed by atoms with Gasteiger partial charge >= 0.3 is 5.97 Å². The van der Waals surface area contributed by atoms with Crippen LogP contribution in [0.5, 0.6) is 0 Å². The minimum atomic E-state index is -2.58. The zero-order valence-electron chi connectivity index (χ0n) is 15.2. The van der Waals surface area contributed by atoms with Gasteiger partial charge in [-0.25, -0.2) is 18.6 Å². The summed E-state index contributed by atoms with van der Waals surface area (Å²) in [7, 11) is 0. The van der Waals surface area contributed by atoms with Gasteiger partial charge in [0.2, 0.25) is 5.92 Å². The first-order valence-electron chi connectivity index (χ1n) is 8.84. The zero-order chi connectivity index (χ0) is 19.3. The van der Waals surface area contributed by atoms with Crippen molar-refractivity contribution in [3.8, 4) is 0 Å². The van der Waals surface area contributed by atoms with Crippen LogP contribution < -0.4 is 0 Å². The normalized spacial score (nSPS) is 18.4. The van der Waals surface area contributed by atoms with Crippen molar-refractivity contribution in [2.45, 2.75) is 64.4 Å². The monoisotopic (exact) mass is 366 g/mol. The van der Waals surface area contributed by atoms with E-state index < -0.39 is 17.5 Å². The average molecular weight is 366 g/mol. The second-order valence-corrected chi connectivity index (χ2v) is 7.85. The number of hydrogen-bond acceptors (Lipinski definition) is 3. The number of imidazole rings is 1. The third-order valence-electron chi connectivity index (χ3n) is 5.15. The van der Waals surface area contributed by atoms with Crippen LogP contribution >= 0.6 is 0 Å². The fourth-order valence-electron chi connectivity index (χ4n) is 3.81. The third-order valence-corrected chi connectivity index (χ3v) is 5.15. The minimum absolute atomic E-state index is 0.0918. The van der Waals surface area contributed by atoms with Crippen molar-refractivity contribution >= 4 is 11.6 Å². The van der Waals surface area contributed by atoms with Crippen LogP contribution in [-0.4, -0.2) is 31.5 Å². The molecule has 142 valence electrons. The van der Waals surface area contributed by atoms with Crippen molar-refractivity contribution < 1.29 is 23.8 Å². The maximum absolute atomic E-state index is 13.4. The molecule has 2 aromatic heterocycles. The number of aromatic carboxylic acids is 1. The lowest BCUT2D eigenvalue weighted by molar-refractivity contribution is -0.0458. The lowest BCUT2D eigenvalue weighted by atomic mass is 9.83. The van der Waals surface area contributed by atoms with E-state index in [-0.39, 0.29) is 24.3 Å². The predicted octanol–water partition coefficient (Wildman–Crippen LogP) is 3.94. The number of carboxylic acids is 1. The van der Waals surface area contributed by atoms with E-state index in [4.69, 9.17) is 0 Å². The molecule has 0 aromatic carbocycles. The largest absolute Gasteiger partial charge is 0.478 e. The van der Waals surface area contributed by atoms with Crippen LogP contribution in [0.1, 0.15) is 67.0 Å². The van der Waals surface area contributed by atoms with Crippen molar-refractivity contribution in [1.82, 2.24) is 9.38 Å². The Labute approximate surface area is 150 Å². The molecule has 0 spiro atoms. The minimum Gasteiger partial charge on any atom is -0.478 e. The summed E-state index contributed by atoms with van der Waals surface area (Å²) in [6, 6.07) is 3.03. The first kappa shape index (κ1) is 18.8. The highest BCUT2D eigenvalue weighted by Crippen LogP contribution is 2.38. The van der Waals surface area contributed by atoms with Crippen LogP contribution in [0, 0.1) is 12.8 Å². The number of nitrogens with zero attached hydrogens (tertiary/aromatic N) is 2. The fraction of sp³-hybridized carbons (Fsp3) is 0.579. The molecular weight excluding hydrogens is 342 g/mol. The maximum atomic E-state index is 13.4. The number of aryl methyl sites for hydroxylation is 1. The number of rotatable bonds is 4. The van der Waals surface area contributed by atoms with E-state index in [1.807, 2.05) is 4.40 Å². The van der Waals surface area contributed by atoms with Gasteiger partial charge in [0.05, 0.1) is 11.3 Å². The Balaban J connectivity index is 2.06. The Kier molecular flexibility index (Phi) is 4.55. The molecule has 3 rings (SSSR count). The Morgan fingerprint density at radius 1 is 1.35 bits per heavy atom. The smallest absolute Gasteiger partial charge is 0.335 e. The highest BCUT2D eigenvalue weighted by atomic mass is 19.3. The molecule has 0 bridgehead atoms. The molecule has 0 amide bonds. The molecule has 2 N–H and O–H groups in total. The van der Waals surface area contributed by atoms with Crippen LogP contribution in [-0.2, 0) is 12.0 Å². The van der Waals surface area contributed by atoms with E-state index in [9.17, 15) is 23.8 Å². The molecule has 0 radical (unpaired) electrons. The van der Waals surface area contributed by atoms with Crippen LogP contribution in [0.15, 0.2) is 12.1 Å². The summed E-state index contributed by atoms with van der Waals surface area (Å²) in [4.78, 5) is 15.8. The Morgan fingerprint density at radius 3 is 2.50 bits per heavy atom. The number of alkyl halides is 2. The maximum Gasteiger partial charge on any atom is 0.335 e. The van der Waals surface area contributed by atoms with Crippen molar-refractivity contribution in [2.75, 3.05) is 0 Å². The van der Waals surface area contributed by atoms with Gasteiger partial charge in [0, 0.05) is 24.2 Å². The second kappa shape index (κ2) is 6.30. The fourth-order valence-corrected chi connectivity index (χ4v) is 3.81. The van der Waals surface area contributed by atoms with Crippen LogP contribution in [0.4, 0.5) is 8.78 Å². The molecule has 1 aliphatic rings. The lowest BCUT2D eigenvalue weighted by Crippen LogP contribution is -2.27. The summed E-state index contributed by atoms with van der Waals surface area (Å²) < 4.78 is 28.7. The van der Waals surface area contributed by atoms with Crippen LogP contribution in [0.2, 0.25) is 0 Å². The molecule has 2 heterocycles. The highest BCUT2D eigenvalue weighted by Gasteiger charge is 2.36. The molecular formula is C19H24F2N2O3. The number of carboxylic acid groups (broad SMARTS) is 1. The van der Waals surface area contributed by atoms with Gasteiger partial charge in [0.25, 0.3) is 0 Å². The van der Waals surface area contributed by atoms with Gasteiger partial charge < -0.3 is 14.6 Å². The molecule has 0 saturated heterocycles. The molecule has 2 aromatic rings. The summed E-state index contributed by atoms with van der Waals surface area (Å²) in [5.74, 6) is -3.53. The van der Waals surface area contributed by atoms with E-state index in [2.05, 4.69) is 4.98 Å². The molecule has 7 heteroatoms. The van der Waals surface area contributed by atoms with Crippen molar-refractivity contribution in [1.29, 1.82) is 0 Å². The van der Waals surface area contributed by atoms with E-state index in [1.54, 1.807) is 26.8 Å². The third kappa shape index (κ3) is 3.58. The van der Waals surface area contributed by atoms with E-state index in [0.717, 1.165) is 5.69 Å². The number of aromatic nitrogens is 2. The van der Waals surface area contributed by atoms with E-state index >= 15 is 0 Å². The van der Waals surface area contributed by atoms with Crippen molar-refractivity contribution in [3.63, 3.8) is 0 Å². The Bertz CT molecular complexity index is 843. The van der Waals surface area contributed by atoms with Gasteiger partial charge in [-0.2, -0.15) is 0 Å². The van der Waals surface area contributed by atoms with Crippen molar-refractivity contribution in [3.05, 3.63) is 34.8 Å². The number of pyridine rings is 1. The van der Waals surface area contributed by atoms with Gasteiger partial charge in [0.15, 0.2) is 0 Å². The molecule has 26 heavy (non-hydrogen) atoms. The van der Waals surface area contributed by atoms with Gasteiger partial charge in [-0.15, -0.1) is 0 Å². The number of hydrogen-bond donors (Lipinski definition) is 2. The average Bonchev–Trinajstić information content (AvgIpc) is 2.88. The molecule has 1 fully saturated rings. The summed E-state index contributed by atoms with van der Waals surface area (Å²) in [5, 5.41) is 19.8. The van der Waals surface area contributed by atoms with Gasteiger partial charge in [-0.05, 0) is 58.1 Å². The SMILES string of the molecule is Cc1cc(C(=O)O)cc2nc(C(C)(C)O)c(CC3CCC(F)(F)CC3)n12. The first-order chi connectivity index (χ1) is 12.0. The topological polar surface area (TPSA) is 74.8 Å².